The molecule has 0 N–H and O–H groups in total. The van der Waals surface area contributed by atoms with Crippen LogP contribution >= 0.6 is 0 Å². The Hall–Kier alpha value is -3.15. The van der Waals surface area contributed by atoms with Crippen molar-refractivity contribution in [3.05, 3.63) is 65.5 Å². The van der Waals surface area contributed by atoms with E-state index < -0.39 is 6.04 Å². The third-order valence-electron chi connectivity index (χ3n) is 5.48. The molecular weight excluding hydrogens is 378 g/mol. The van der Waals surface area contributed by atoms with Crippen molar-refractivity contribution >= 4 is 22.9 Å². The van der Waals surface area contributed by atoms with Gasteiger partial charge >= 0.3 is 5.97 Å². The molecule has 1 aromatic heterocycles. The lowest BCUT2D eigenvalue weighted by atomic mass is 10.1. The Kier molecular flexibility index (Phi) is 6.55. The molecule has 0 saturated heterocycles. The first-order valence-electron chi connectivity index (χ1n) is 10.4. The summed E-state index contributed by atoms with van der Waals surface area (Å²) in [6, 6.07) is 15.1. The van der Waals surface area contributed by atoms with E-state index in [1.54, 1.807) is 17.9 Å². The van der Waals surface area contributed by atoms with Crippen LogP contribution in [0.4, 0.5) is 0 Å². The lowest BCUT2D eigenvalue weighted by Gasteiger charge is -2.20. The maximum atomic E-state index is 13.3. The number of esters is 1. The minimum absolute atomic E-state index is 0.0173. The molecule has 30 heavy (non-hydrogen) atoms. The average molecular weight is 409 g/mol. The summed E-state index contributed by atoms with van der Waals surface area (Å²) in [5.74, 6) is 0.638. The molecule has 0 saturated carbocycles. The van der Waals surface area contributed by atoms with Gasteiger partial charge in [-0.05, 0) is 38.5 Å². The molecule has 158 valence electrons. The van der Waals surface area contributed by atoms with Crippen molar-refractivity contribution in [3.63, 3.8) is 0 Å². The number of carbonyl (C=O) groups excluding carboxylic acids is 2. The molecule has 3 rings (SSSR count). The van der Waals surface area contributed by atoms with Crippen molar-refractivity contribution in [2.45, 2.75) is 46.8 Å². The maximum Gasteiger partial charge on any atom is 0.338 e. The molecule has 3 aromatic rings. The van der Waals surface area contributed by atoms with Gasteiger partial charge in [0.15, 0.2) is 17.1 Å². The van der Waals surface area contributed by atoms with Crippen LogP contribution in [-0.2, 0) is 22.6 Å². The molecule has 0 spiro atoms. The van der Waals surface area contributed by atoms with Crippen molar-refractivity contribution in [1.29, 1.82) is 0 Å². The zero-order valence-electron chi connectivity index (χ0n) is 18.4. The fourth-order valence-electron chi connectivity index (χ4n) is 4.02. The van der Waals surface area contributed by atoms with Gasteiger partial charge in [-0.1, -0.05) is 30.3 Å². The monoisotopic (exact) mass is 408 g/mol. The number of imidazole rings is 1. The predicted octanol–water partition coefficient (Wildman–Crippen LogP) is 3.65. The fraction of sp³-hybridized carbons (Fsp3) is 0.375. The van der Waals surface area contributed by atoms with Crippen LogP contribution in [-0.4, -0.2) is 35.0 Å². The van der Waals surface area contributed by atoms with E-state index in [2.05, 4.69) is 11.5 Å². The third kappa shape index (κ3) is 4.08. The predicted molar refractivity (Wildman–Crippen MR) is 116 cm³/mol. The second-order valence-electron chi connectivity index (χ2n) is 7.44. The molecular formula is C24H30N3O3+. The van der Waals surface area contributed by atoms with E-state index >= 15 is 0 Å². The van der Waals surface area contributed by atoms with Gasteiger partial charge in [0.25, 0.3) is 11.7 Å². The van der Waals surface area contributed by atoms with Crippen molar-refractivity contribution in [2.24, 2.45) is 0 Å². The number of fused-ring (bicyclic) bond motifs is 1. The molecule has 1 atom stereocenters. The number of benzene rings is 2. The first-order valence-corrected chi connectivity index (χ1v) is 10.4. The molecule has 0 bridgehead atoms. The Morgan fingerprint density at radius 2 is 1.83 bits per heavy atom. The molecule has 1 heterocycles. The van der Waals surface area contributed by atoms with E-state index in [9.17, 15) is 9.59 Å². The smallest absolute Gasteiger partial charge is 0.338 e. The number of likely N-dealkylation sites (N-methyl/N-ethyl adjacent to an activating group) is 1. The van der Waals surface area contributed by atoms with Gasteiger partial charge in [0, 0.05) is 26.6 Å². The minimum atomic E-state index is -0.411. The number of carbonyl (C=O) groups is 2. The highest BCUT2D eigenvalue weighted by atomic mass is 16.5. The van der Waals surface area contributed by atoms with Crippen molar-refractivity contribution in [1.82, 2.24) is 9.47 Å². The summed E-state index contributed by atoms with van der Waals surface area (Å²) in [6.45, 7) is 9.42. The van der Waals surface area contributed by atoms with Crippen molar-refractivity contribution < 1.29 is 18.9 Å². The number of aromatic nitrogens is 2. The Morgan fingerprint density at radius 3 is 2.47 bits per heavy atom. The normalized spacial score (nSPS) is 12.0. The van der Waals surface area contributed by atoms with Gasteiger partial charge in [-0.15, -0.1) is 0 Å². The highest BCUT2D eigenvalue weighted by Gasteiger charge is 2.31. The molecule has 1 amide bonds. The Labute approximate surface area is 177 Å². The molecule has 2 aromatic carbocycles. The van der Waals surface area contributed by atoms with E-state index in [0.717, 1.165) is 29.0 Å². The van der Waals surface area contributed by atoms with E-state index in [4.69, 9.17) is 4.74 Å². The zero-order valence-corrected chi connectivity index (χ0v) is 18.4. The minimum Gasteiger partial charge on any atom is -0.462 e. The van der Waals surface area contributed by atoms with Crippen molar-refractivity contribution in [3.8, 4) is 0 Å². The number of aryl methyl sites for hydroxylation is 1. The van der Waals surface area contributed by atoms with E-state index in [1.165, 1.54) is 0 Å². The van der Waals surface area contributed by atoms with Crippen LogP contribution in [0.5, 0.6) is 0 Å². The number of rotatable bonds is 7. The van der Waals surface area contributed by atoms with Crippen LogP contribution in [0.3, 0.4) is 0 Å². The SMILES string of the molecule is CCOC(=O)c1ccc2c(c1)n([C@H](C)C(=O)N(C)Cc1ccccc1)c(C)[n+]2CC. The summed E-state index contributed by atoms with van der Waals surface area (Å²) in [7, 11) is 1.82. The van der Waals surface area contributed by atoms with Crippen LogP contribution in [0, 0.1) is 6.92 Å². The summed E-state index contributed by atoms with van der Waals surface area (Å²) in [4.78, 5) is 27.3. The summed E-state index contributed by atoms with van der Waals surface area (Å²) < 4.78 is 9.34. The van der Waals surface area contributed by atoms with E-state index in [0.29, 0.717) is 18.7 Å². The van der Waals surface area contributed by atoms with Crippen molar-refractivity contribution in [2.75, 3.05) is 13.7 Å². The van der Waals surface area contributed by atoms with E-state index in [1.807, 2.05) is 67.9 Å². The van der Waals surface area contributed by atoms with Gasteiger partial charge in [0.1, 0.15) is 0 Å². The molecule has 0 fully saturated rings. The standard InChI is InChI=1S/C24H30N3O3/c1-6-26-18(4)27(22-15-20(13-14-21(22)26)24(29)30-7-2)17(3)23(28)25(5)16-19-11-9-8-10-12-19/h8-15,17H,6-7,16H2,1-5H3/q+1/t17-/m1/s1. The molecule has 6 heteroatoms. The molecule has 0 aliphatic heterocycles. The lowest BCUT2D eigenvalue weighted by molar-refractivity contribution is -0.675. The molecule has 0 radical (unpaired) electrons. The van der Waals surface area contributed by atoms with Gasteiger partial charge in [0.05, 0.1) is 18.7 Å². The summed E-state index contributed by atoms with van der Waals surface area (Å²) >= 11 is 0. The highest BCUT2D eigenvalue weighted by Crippen LogP contribution is 2.23. The molecule has 0 aliphatic rings. The molecule has 0 unspecified atom stereocenters. The van der Waals surface area contributed by atoms with Gasteiger partial charge in [-0.2, -0.15) is 0 Å². The second kappa shape index (κ2) is 9.11. The van der Waals surface area contributed by atoms with Gasteiger partial charge in [-0.25, -0.2) is 13.9 Å². The van der Waals surface area contributed by atoms with E-state index in [-0.39, 0.29) is 11.9 Å². The van der Waals surface area contributed by atoms with Gasteiger partial charge in [-0.3, -0.25) is 4.79 Å². The van der Waals surface area contributed by atoms with Crippen LogP contribution in [0.2, 0.25) is 0 Å². The third-order valence-corrected chi connectivity index (χ3v) is 5.48. The Morgan fingerprint density at radius 1 is 1.13 bits per heavy atom. The first-order chi connectivity index (χ1) is 14.4. The average Bonchev–Trinajstić information content (AvgIpc) is 3.03. The zero-order chi connectivity index (χ0) is 21.8. The second-order valence-corrected chi connectivity index (χ2v) is 7.44. The number of hydrogen-bond donors (Lipinski definition) is 0. The van der Waals surface area contributed by atoms with Crippen LogP contribution < -0.4 is 4.57 Å². The van der Waals surface area contributed by atoms with Gasteiger partial charge in [0.2, 0.25) is 0 Å². The lowest BCUT2D eigenvalue weighted by Crippen LogP contribution is -2.37. The Bertz CT molecular complexity index is 1060. The Balaban J connectivity index is 2.00. The topological polar surface area (TPSA) is 55.4 Å². The van der Waals surface area contributed by atoms with Gasteiger partial charge < -0.3 is 9.64 Å². The number of amides is 1. The summed E-state index contributed by atoms with van der Waals surface area (Å²) in [5.41, 5.74) is 3.42. The molecule has 6 nitrogen and oxygen atoms in total. The fourth-order valence-corrected chi connectivity index (χ4v) is 4.02. The number of hydrogen-bond acceptors (Lipinski definition) is 3. The maximum absolute atomic E-state index is 13.3. The quantitative estimate of drug-likeness (QED) is 0.443. The molecule has 0 aliphatic carbocycles. The number of nitrogens with zero attached hydrogens (tertiary/aromatic N) is 3. The summed E-state index contributed by atoms with van der Waals surface area (Å²) in [6.07, 6.45) is 0. The van der Waals surface area contributed by atoms with Crippen LogP contribution in [0.1, 0.15) is 48.6 Å². The number of ether oxygens (including phenoxy) is 1. The van der Waals surface area contributed by atoms with Crippen LogP contribution in [0.25, 0.3) is 11.0 Å². The van der Waals surface area contributed by atoms with Crippen LogP contribution in [0.15, 0.2) is 48.5 Å². The first kappa shape index (κ1) is 21.6. The largest absolute Gasteiger partial charge is 0.462 e. The highest BCUT2D eigenvalue weighted by molar-refractivity contribution is 5.93. The summed E-state index contributed by atoms with van der Waals surface area (Å²) in [5, 5.41) is 0.